The third kappa shape index (κ3) is 4.05. The van der Waals surface area contributed by atoms with Gasteiger partial charge in [-0.05, 0) is 73.2 Å². The number of amides is 3. The van der Waals surface area contributed by atoms with Crippen LogP contribution >= 0.6 is 0 Å². The SMILES string of the molecule is O=C1CCC(N2Cc3cc(C4CCN(Cc5ccc6[nH]c(=O)[nH]c6c5)CC4)ccc3C2=O)C(=O)N1. The molecule has 1 aromatic heterocycles. The number of aromatic amines is 2. The summed E-state index contributed by atoms with van der Waals surface area (Å²) in [5.41, 5.74) is 5.52. The van der Waals surface area contributed by atoms with E-state index in [1.807, 2.05) is 18.2 Å². The Morgan fingerprint density at radius 2 is 1.69 bits per heavy atom. The number of fused-ring (bicyclic) bond motifs is 2. The topological polar surface area (TPSA) is 118 Å². The van der Waals surface area contributed by atoms with Crippen LogP contribution in [0.15, 0.2) is 41.2 Å². The monoisotopic (exact) mass is 473 g/mol. The van der Waals surface area contributed by atoms with Crippen molar-refractivity contribution in [3.05, 3.63) is 69.1 Å². The molecule has 2 fully saturated rings. The summed E-state index contributed by atoms with van der Waals surface area (Å²) in [4.78, 5) is 57.8. The standard InChI is InChI=1S/C26H27N5O4/c32-23-6-5-22(24(33)29-23)31-14-18-12-17(2-3-19(18)25(31)34)16-7-9-30(10-8-16)13-15-1-4-20-21(11-15)28-26(35)27-20/h1-4,11-12,16,22H,5-10,13-14H2,(H2,27,28,35)(H,29,32,33). The number of carbonyl (C=O) groups is 3. The van der Waals surface area contributed by atoms with E-state index in [0.717, 1.165) is 49.1 Å². The van der Waals surface area contributed by atoms with Gasteiger partial charge < -0.3 is 14.9 Å². The number of H-pyrrole nitrogens is 2. The quantitative estimate of drug-likeness (QED) is 0.501. The van der Waals surface area contributed by atoms with E-state index >= 15 is 0 Å². The fourth-order valence-corrected chi connectivity index (χ4v) is 5.71. The molecule has 3 aliphatic heterocycles. The smallest absolute Gasteiger partial charge is 0.322 e. The minimum absolute atomic E-state index is 0.128. The van der Waals surface area contributed by atoms with Crippen LogP contribution in [0.1, 0.15) is 58.6 Å². The highest BCUT2D eigenvalue weighted by Gasteiger charge is 2.39. The number of benzene rings is 2. The lowest BCUT2D eigenvalue weighted by atomic mass is 9.87. The molecule has 2 saturated heterocycles. The summed E-state index contributed by atoms with van der Waals surface area (Å²) in [6.07, 6.45) is 2.71. The lowest BCUT2D eigenvalue weighted by Crippen LogP contribution is -2.52. The molecule has 1 atom stereocenters. The molecule has 2 aromatic carbocycles. The molecule has 9 nitrogen and oxygen atoms in total. The van der Waals surface area contributed by atoms with Gasteiger partial charge in [0.25, 0.3) is 5.91 Å². The first-order valence-electron chi connectivity index (χ1n) is 12.2. The van der Waals surface area contributed by atoms with E-state index in [2.05, 4.69) is 38.4 Å². The van der Waals surface area contributed by atoms with E-state index in [0.29, 0.717) is 24.4 Å². The minimum Gasteiger partial charge on any atom is -0.322 e. The largest absolute Gasteiger partial charge is 0.323 e. The zero-order valence-electron chi connectivity index (χ0n) is 19.3. The molecule has 0 spiro atoms. The van der Waals surface area contributed by atoms with Gasteiger partial charge in [0.2, 0.25) is 11.8 Å². The molecule has 180 valence electrons. The molecule has 3 aromatic rings. The number of aromatic nitrogens is 2. The zero-order valence-corrected chi connectivity index (χ0v) is 19.3. The number of hydrogen-bond acceptors (Lipinski definition) is 5. The van der Waals surface area contributed by atoms with E-state index in [1.165, 1.54) is 11.1 Å². The molecule has 0 aliphatic carbocycles. The number of likely N-dealkylation sites (tertiary alicyclic amines) is 1. The Hall–Kier alpha value is -3.72. The minimum atomic E-state index is -0.581. The Morgan fingerprint density at radius 3 is 2.49 bits per heavy atom. The summed E-state index contributed by atoms with van der Waals surface area (Å²) in [5.74, 6) is -0.350. The van der Waals surface area contributed by atoms with Crippen molar-refractivity contribution in [3.8, 4) is 0 Å². The summed E-state index contributed by atoms with van der Waals surface area (Å²) in [6.45, 7) is 3.21. The predicted octanol–water partition coefficient (Wildman–Crippen LogP) is 2.00. The molecule has 0 bridgehead atoms. The number of rotatable bonds is 4. The van der Waals surface area contributed by atoms with Gasteiger partial charge in [-0.1, -0.05) is 18.2 Å². The summed E-state index contributed by atoms with van der Waals surface area (Å²) in [7, 11) is 0. The van der Waals surface area contributed by atoms with Gasteiger partial charge in [0.1, 0.15) is 6.04 Å². The van der Waals surface area contributed by atoms with Crippen molar-refractivity contribution in [1.82, 2.24) is 25.1 Å². The molecule has 3 N–H and O–H groups in total. The molecule has 3 amide bonds. The predicted molar refractivity (Wildman–Crippen MR) is 129 cm³/mol. The summed E-state index contributed by atoms with van der Waals surface area (Å²) < 4.78 is 0. The van der Waals surface area contributed by atoms with Crippen molar-refractivity contribution in [2.24, 2.45) is 0 Å². The molecular formula is C26H27N5O4. The molecule has 0 radical (unpaired) electrons. The van der Waals surface area contributed by atoms with Crippen LogP contribution in [0.2, 0.25) is 0 Å². The lowest BCUT2D eigenvalue weighted by Gasteiger charge is -2.32. The Labute approximate surface area is 201 Å². The number of piperidine rings is 2. The van der Waals surface area contributed by atoms with Crippen LogP contribution in [0.5, 0.6) is 0 Å². The van der Waals surface area contributed by atoms with Gasteiger partial charge in [0.15, 0.2) is 0 Å². The molecule has 35 heavy (non-hydrogen) atoms. The van der Waals surface area contributed by atoms with Gasteiger partial charge in [-0.3, -0.25) is 24.6 Å². The van der Waals surface area contributed by atoms with Gasteiger partial charge in [-0.25, -0.2) is 4.79 Å². The van der Waals surface area contributed by atoms with Gasteiger partial charge in [-0.15, -0.1) is 0 Å². The average molecular weight is 474 g/mol. The average Bonchev–Trinajstić information content (AvgIpc) is 3.37. The number of hydrogen-bond donors (Lipinski definition) is 3. The maximum absolute atomic E-state index is 12.9. The Morgan fingerprint density at radius 1 is 0.886 bits per heavy atom. The normalized spacial score (nSPS) is 21.5. The van der Waals surface area contributed by atoms with Crippen LogP contribution in [0, 0.1) is 0 Å². The molecule has 0 saturated carbocycles. The van der Waals surface area contributed by atoms with Crippen molar-refractivity contribution in [2.45, 2.75) is 50.7 Å². The second-order valence-corrected chi connectivity index (χ2v) is 9.83. The molecule has 3 aliphatic rings. The van der Waals surface area contributed by atoms with Crippen LogP contribution < -0.4 is 11.0 Å². The third-order valence-electron chi connectivity index (χ3n) is 7.59. The number of imidazole rings is 1. The molecule has 9 heteroatoms. The summed E-state index contributed by atoms with van der Waals surface area (Å²) in [6, 6.07) is 11.5. The lowest BCUT2D eigenvalue weighted by molar-refractivity contribution is -0.136. The van der Waals surface area contributed by atoms with E-state index in [1.54, 1.807) is 4.90 Å². The van der Waals surface area contributed by atoms with E-state index < -0.39 is 6.04 Å². The fraction of sp³-hybridized carbons (Fsp3) is 0.385. The molecule has 6 rings (SSSR count). The van der Waals surface area contributed by atoms with Crippen LogP contribution in [-0.2, 0) is 22.7 Å². The summed E-state index contributed by atoms with van der Waals surface area (Å²) in [5, 5.41) is 2.35. The Balaban J connectivity index is 1.10. The second-order valence-electron chi connectivity index (χ2n) is 9.83. The Bertz CT molecular complexity index is 1400. The maximum atomic E-state index is 12.9. The number of imide groups is 1. The molecular weight excluding hydrogens is 446 g/mol. The van der Waals surface area contributed by atoms with Crippen LogP contribution in [0.25, 0.3) is 11.0 Å². The van der Waals surface area contributed by atoms with E-state index in [4.69, 9.17) is 0 Å². The van der Waals surface area contributed by atoms with Crippen LogP contribution in [0.3, 0.4) is 0 Å². The van der Waals surface area contributed by atoms with Gasteiger partial charge >= 0.3 is 5.69 Å². The van der Waals surface area contributed by atoms with Crippen LogP contribution in [-0.4, -0.2) is 56.6 Å². The van der Waals surface area contributed by atoms with Crippen molar-refractivity contribution in [2.75, 3.05) is 13.1 Å². The highest BCUT2D eigenvalue weighted by atomic mass is 16.2. The zero-order chi connectivity index (χ0) is 24.1. The highest BCUT2D eigenvalue weighted by molar-refractivity contribution is 6.05. The van der Waals surface area contributed by atoms with Crippen molar-refractivity contribution in [3.63, 3.8) is 0 Å². The first-order valence-corrected chi connectivity index (χ1v) is 12.2. The Kier molecular flexibility index (Phi) is 5.29. The third-order valence-corrected chi connectivity index (χ3v) is 7.59. The number of nitrogens with one attached hydrogen (secondary N) is 3. The van der Waals surface area contributed by atoms with Crippen molar-refractivity contribution >= 4 is 28.8 Å². The van der Waals surface area contributed by atoms with E-state index in [9.17, 15) is 19.2 Å². The first-order chi connectivity index (χ1) is 16.9. The van der Waals surface area contributed by atoms with Gasteiger partial charge in [0.05, 0.1) is 11.0 Å². The summed E-state index contributed by atoms with van der Waals surface area (Å²) >= 11 is 0. The van der Waals surface area contributed by atoms with E-state index in [-0.39, 0.29) is 29.8 Å². The fourth-order valence-electron chi connectivity index (χ4n) is 5.71. The number of carbonyl (C=O) groups excluding carboxylic acids is 3. The van der Waals surface area contributed by atoms with Crippen LogP contribution in [0.4, 0.5) is 0 Å². The number of nitrogens with zero attached hydrogens (tertiary/aromatic N) is 2. The second kappa shape index (κ2) is 8.49. The van der Waals surface area contributed by atoms with Gasteiger partial charge in [-0.2, -0.15) is 0 Å². The molecule has 4 heterocycles. The van der Waals surface area contributed by atoms with Gasteiger partial charge in [0, 0.05) is 25.1 Å². The maximum Gasteiger partial charge on any atom is 0.323 e. The van der Waals surface area contributed by atoms with Crippen molar-refractivity contribution in [1.29, 1.82) is 0 Å². The first kappa shape index (κ1) is 21.8. The molecule has 1 unspecified atom stereocenters. The highest BCUT2D eigenvalue weighted by Crippen LogP contribution is 2.34. The van der Waals surface area contributed by atoms with Crippen molar-refractivity contribution < 1.29 is 14.4 Å².